The van der Waals surface area contributed by atoms with Gasteiger partial charge in [-0.05, 0) is 80.0 Å². The largest absolute Gasteiger partial charge is 0.462 e. The lowest BCUT2D eigenvalue weighted by molar-refractivity contribution is -0.165. The third kappa shape index (κ3) is 4.33. The number of esters is 2. The molecule has 3 saturated carbocycles. The van der Waals surface area contributed by atoms with Crippen molar-refractivity contribution in [3.8, 4) is 0 Å². The van der Waals surface area contributed by atoms with Crippen molar-refractivity contribution in [2.45, 2.75) is 117 Å². The van der Waals surface area contributed by atoms with Crippen LogP contribution >= 0.6 is 0 Å². The van der Waals surface area contributed by atoms with Crippen molar-refractivity contribution in [2.75, 3.05) is 0 Å². The molecule has 0 aromatic carbocycles. The summed E-state index contributed by atoms with van der Waals surface area (Å²) < 4.78 is 17.3. The summed E-state index contributed by atoms with van der Waals surface area (Å²) >= 11 is 0. The van der Waals surface area contributed by atoms with Crippen LogP contribution in [0.5, 0.6) is 0 Å². The summed E-state index contributed by atoms with van der Waals surface area (Å²) in [5.74, 6) is 1.13. The number of aliphatic hydroxyl groups is 1. The van der Waals surface area contributed by atoms with Crippen LogP contribution in [-0.4, -0.2) is 34.4 Å². The molecule has 7 nitrogen and oxygen atoms in total. The van der Waals surface area contributed by atoms with E-state index in [0.29, 0.717) is 23.5 Å². The zero-order chi connectivity index (χ0) is 27.6. The summed E-state index contributed by atoms with van der Waals surface area (Å²) in [6.07, 6.45) is 8.51. The third-order valence-electron chi connectivity index (χ3n) is 10.9. The molecule has 1 N–H and O–H groups in total. The van der Waals surface area contributed by atoms with E-state index in [1.807, 2.05) is 13.0 Å². The average Bonchev–Trinajstić information content (AvgIpc) is 3.42. The van der Waals surface area contributed by atoms with Crippen LogP contribution in [0, 0.1) is 34.5 Å². The molecule has 0 aliphatic heterocycles. The second-order valence-corrected chi connectivity index (χ2v) is 13.6. The zero-order valence-corrected chi connectivity index (χ0v) is 24.1. The Labute approximate surface area is 226 Å². The summed E-state index contributed by atoms with van der Waals surface area (Å²) in [6.45, 7) is 13.6. The molecule has 3 fully saturated rings. The van der Waals surface area contributed by atoms with E-state index in [9.17, 15) is 14.7 Å². The van der Waals surface area contributed by atoms with Gasteiger partial charge in [0.2, 0.25) is 0 Å². The van der Waals surface area contributed by atoms with Crippen LogP contribution in [0.3, 0.4) is 0 Å². The zero-order valence-electron chi connectivity index (χ0n) is 24.1. The molecule has 4 aliphatic carbocycles. The van der Waals surface area contributed by atoms with Gasteiger partial charge in [-0.1, -0.05) is 44.5 Å². The van der Waals surface area contributed by atoms with Crippen molar-refractivity contribution in [1.82, 2.24) is 5.16 Å². The number of allylic oxidation sites excluding steroid dienone is 1. The van der Waals surface area contributed by atoms with Gasteiger partial charge in [0.1, 0.15) is 17.8 Å². The molecule has 5 rings (SSSR count). The number of nitrogens with zero attached hydrogens (tertiary/aromatic N) is 1. The minimum absolute atomic E-state index is 0.0193. The molecule has 0 saturated heterocycles. The van der Waals surface area contributed by atoms with Crippen LogP contribution in [0.1, 0.15) is 111 Å². The van der Waals surface area contributed by atoms with Crippen molar-refractivity contribution < 1.29 is 28.7 Å². The Balaban J connectivity index is 1.48. The molecule has 4 aliphatic rings. The third-order valence-corrected chi connectivity index (χ3v) is 10.9. The summed E-state index contributed by atoms with van der Waals surface area (Å²) in [6, 6.07) is 1.87. The van der Waals surface area contributed by atoms with E-state index in [4.69, 9.17) is 14.0 Å². The van der Waals surface area contributed by atoms with Crippen molar-refractivity contribution in [2.24, 2.45) is 34.5 Å². The summed E-state index contributed by atoms with van der Waals surface area (Å²) in [4.78, 5) is 23.8. The van der Waals surface area contributed by atoms with Crippen molar-refractivity contribution >= 4 is 11.9 Å². The predicted octanol–water partition coefficient (Wildman–Crippen LogP) is 6.06. The quantitative estimate of drug-likeness (QED) is 0.367. The summed E-state index contributed by atoms with van der Waals surface area (Å²) in [5.41, 5.74) is 0.816. The number of rotatable bonds is 5. The smallest absolute Gasteiger partial charge is 0.302 e. The molecule has 1 aromatic rings. The van der Waals surface area contributed by atoms with Gasteiger partial charge in [0, 0.05) is 32.3 Å². The molecule has 0 bridgehead atoms. The Morgan fingerprint density at radius 1 is 1.13 bits per heavy atom. The lowest BCUT2D eigenvalue weighted by atomic mass is 9.46. The van der Waals surface area contributed by atoms with Gasteiger partial charge in [0.25, 0.3) is 0 Å². The highest BCUT2D eigenvalue weighted by molar-refractivity contribution is 5.66. The number of fused-ring (bicyclic) bond motifs is 5. The normalized spacial score (nSPS) is 39.9. The van der Waals surface area contributed by atoms with Gasteiger partial charge in [-0.15, -0.1) is 0 Å². The Hall–Kier alpha value is -2.15. The highest BCUT2D eigenvalue weighted by atomic mass is 16.5. The Morgan fingerprint density at radius 2 is 1.84 bits per heavy atom. The average molecular weight is 528 g/mol. The molecule has 210 valence electrons. The molecule has 0 unspecified atom stereocenters. The number of carbonyl (C=O) groups excluding carboxylic acids is 2. The van der Waals surface area contributed by atoms with E-state index < -0.39 is 5.60 Å². The maximum Gasteiger partial charge on any atom is 0.302 e. The minimum Gasteiger partial charge on any atom is -0.462 e. The number of aromatic nitrogens is 1. The first-order chi connectivity index (χ1) is 17.8. The van der Waals surface area contributed by atoms with Crippen molar-refractivity contribution in [3.05, 3.63) is 29.2 Å². The van der Waals surface area contributed by atoms with Crippen LogP contribution in [0.2, 0.25) is 0 Å². The van der Waals surface area contributed by atoms with Gasteiger partial charge in [0.15, 0.2) is 5.76 Å². The van der Waals surface area contributed by atoms with Crippen LogP contribution < -0.4 is 0 Å². The van der Waals surface area contributed by atoms with Gasteiger partial charge >= 0.3 is 11.9 Å². The van der Waals surface area contributed by atoms with Crippen molar-refractivity contribution in [3.63, 3.8) is 0 Å². The standard InChI is InChI=1S/C31H45NO6/c1-17(2)25-16-27(38-32-25)31(7,35)28-26(37-19(4)34)15-24-22-9-8-20-14-21(36-18(3)33)10-12-29(20,5)23(22)11-13-30(24,28)6/h8,16-17,21-24,26,28,35H,9-15H2,1-7H3/t21-,22+,23-,24-,26+,28-,29-,30-,31-/m0/s1. The fourth-order valence-corrected chi connectivity index (χ4v) is 9.24. The minimum atomic E-state index is -1.32. The molecule has 7 heteroatoms. The SMILES string of the molecule is CC(=O)O[C@H]1CC[C@@]2(C)C(=CC[C@H]3[C@@H]4C[C@@H](OC(C)=O)[C@H]([C@@](C)(O)c5cc(C(C)C)no5)[C@@]4(C)CC[C@@H]32)C1. The van der Waals surface area contributed by atoms with E-state index in [-0.39, 0.29) is 46.8 Å². The summed E-state index contributed by atoms with van der Waals surface area (Å²) in [5, 5.41) is 16.4. The topological polar surface area (TPSA) is 98.9 Å². The molecule has 1 aromatic heterocycles. The van der Waals surface area contributed by atoms with E-state index in [1.54, 1.807) is 0 Å². The lowest BCUT2D eigenvalue weighted by Gasteiger charge is -2.58. The van der Waals surface area contributed by atoms with Crippen LogP contribution in [-0.2, 0) is 24.7 Å². The first kappa shape index (κ1) is 27.4. The number of hydrogen-bond acceptors (Lipinski definition) is 7. The first-order valence-corrected chi connectivity index (χ1v) is 14.5. The lowest BCUT2D eigenvalue weighted by Crippen LogP contribution is -2.53. The molecular formula is C31H45NO6. The first-order valence-electron chi connectivity index (χ1n) is 14.5. The van der Waals surface area contributed by atoms with E-state index in [2.05, 4.69) is 38.9 Å². The molecule has 38 heavy (non-hydrogen) atoms. The maximum absolute atomic E-state index is 12.3. The molecule has 0 amide bonds. The number of carbonyl (C=O) groups is 2. The molecule has 9 atom stereocenters. The Morgan fingerprint density at radius 3 is 2.47 bits per heavy atom. The van der Waals surface area contributed by atoms with E-state index in [0.717, 1.165) is 50.6 Å². The molecule has 0 radical (unpaired) electrons. The Bertz CT molecular complexity index is 1120. The van der Waals surface area contributed by atoms with Gasteiger partial charge in [-0.25, -0.2) is 0 Å². The van der Waals surface area contributed by atoms with Gasteiger partial charge in [0.05, 0.1) is 5.69 Å². The van der Waals surface area contributed by atoms with Crippen LogP contribution in [0.25, 0.3) is 0 Å². The monoisotopic (exact) mass is 527 g/mol. The molecule has 1 heterocycles. The Kier molecular flexibility index (Phi) is 6.85. The molecule has 0 spiro atoms. The van der Waals surface area contributed by atoms with Crippen LogP contribution in [0.4, 0.5) is 0 Å². The van der Waals surface area contributed by atoms with E-state index in [1.165, 1.54) is 19.4 Å². The van der Waals surface area contributed by atoms with E-state index >= 15 is 0 Å². The highest BCUT2D eigenvalue weighted by Crippen LogP contribution is 2.68. The van der Waals surface area contributed by atoms with Crippen molar-refractivity contribution in [1.29, 1.82) is 0 Å². The van der Waals surface area contributed by atoms with Gasteiger partial charge < -0.3 is 19.1 Å². The fourth-order valence-electron chi connectivity index (χ4n) is 9.24. The highest BCUT2D eigenvalue weighted by Gasteiger charge is 2.66. The maximum atomic E-state index is 12.3. The van der Waals surface area contributed by atoms with Crippen LogP contribution in [0.15, 0.2) is 22.2 Å². The second kappa shape index (κ2) is 9.50. The predicted molar refractivity (Wildman–Crippen MR) is 142 cm³/mol. The number of ether oxygens (including phenoxy) is 2. The fraction of sp³-hybridized carbons (Fsp3) is 0.774. The molecular weight excluding hydrogens is 482 g/mol. The summed E-state index contributed by atoms with van der Waals surface area (Å²) in [7, 11) is 0. The van der Waals surface area contributed by atoms with Gasteiger partial charge in [-0.3, -0.25) is 9.59 Å². The number of hydrogen-bond donors (Lipinski definition) is 1. The second-order valence-electron chi connectivity index (χ2n) is 13.6. The van der Waals surface area contributed by atoms with Gasteiger partial charge in [-0.2, -0.15) is 0 Å².